The second kappa shape index (κ2) is 7.92. The molecule has 0 bridgehead atoms. The average Bonchev–Trinajstić information content (AvgIpc) is 2.58. The maximum atomic E-state index is 12.5. The van der Waals surface area contributed by atoms with Crippen LogP contribution in [0.25, 0.3) is 0 Å². The van der Waals surface area contributed by atoms with Crippen LogP contribution < -0.4 is 14.8 Å². The van der Waals surface area contributed by atoms with Crippen LogP contribution in [-0.2, 0) is 6.18 Å². The summed E-state index contributed by atoms with van der Waals surface area (Å²) in [4.78, 5) is 11.9. The molecule has 0 heterocycles. The fraction of sp³-hybridized carbons (Fsp3) is 0.278. The number of alkyl halides is 3. The predicted octanol–water partition coefficient (Wildman–Crippen LogP) is 3.83. The SMILES string of the molecule is COc1cc(C)ccc1OCCNC(=O)c1ccc(C(F)(F)F)cc1. The van der Waals surface area contributed by atoms with E-state index >= 15 is 0 Å². The number of hydrogen-bond donors (Lipinski definition) is 1. The molecule has 2 aromatic carbocycles. The Morgan fingerprint density at radius 1 is 1.08 bits per heavy atom. The standard InChI is InChI=1S/C18H18F3NO3/c1-12-3-8-15(16(11-12)24-2)25-10-9-22-17(23)13-4-6-14(7-5-13)18(19,20)21/h3-8,11H,9-10H2,1-2H3,(H,22,23). The molecule has 0 aliphatic rings. The van der Waals surface area contributed by atoms with Gasteiger partial charge in [-0.05, 0) is 48.9 Å². The van der Waals surface area contributed by atoms with Gasteiger partial charge in [-0.15, -0.1) is 0 Å². The molecule has 4 nitrogen and oxygen atoms in total. The Morgan fingerprint density at radius 3 is 2.36 bits per heavy atom. The fourth-order valence-corrected chi connectivity index (χ4v) is 2.13. The van der Waals surface area contributed by atoms with E-state index in [0.717, 1.165) is 29.8 Å². The lowest BCUT2D eigenvalue weighted by atomic mass is 10.1. The van der Waals surface area contributed by atoms with Crippen LogP contribution in [-0.4, -0.2) is 26.2 Å². The van der Waals surface area contributed by atoms with Gasteiger partial charge in [0.1, 0.15) is 6.61 Å². The summed E-state index contributed by atoms with van der Waals surface area (Å²) < 4.78 is 48.2. The monoisotopic (exact) mass is 353 g/mol. The van der Waals surface area contributed by atoms with Crippen LogP contribution in [0.1, 0.15) is 21.5 Å². The maximum Gasteiger partial charge on any atom is 0.416 e. The molecule has 0 aliphatic carbocycles. The van der Waals surface area contributed by atoms with Crippen molar-refractivity contribution in [3.63, 3.8) is 0 Å². The number of ether oxygens (including phenoxy) is 2. The molecule has 0 aliphatic heterocycles. The minimum atomic E-state index is -4.42. The molecule has 0 saturated heterocycles. The Morgan fingerprint density at radius 2 is 1.76 bits per heavy atom. The van der Waals surface area contributed by atoms with Crippen LogP contribution in [0.5, 0.6) is 11.5 Å². The highest BCUT2D eigenvalue weighted by molar-refractivity contribution is 5.94. The zero-order chi connectivity index (χ0) is 18.4. The number of methoxy groups -OCH3 is 1. The van der Waals surface area contributed by atoms with Crippen molar-refractivity contribution in [3.8, 4) is 11.5 Å². The molecule has 25 heavy (non-hydrogen) atoms. The average molecular weight is 353 g/mol. The first-order chi connectivity index (χ1) is 11.8. The number of rotatable bonds is 6. The minimum Gasteiger partial charge on any atom is -0.493 e. The Kier molecular flexibility index (Phi) is 5.90. The van der Waals surface area contributed by atoms with Crippen molar-refractivity contribution in [3.05, 3.63) is 59.2 Å². The molecule has 7 heteroatoms. The molecule has 0 atom stereocenters. The van der Waals surface area contributed by atoms with E-state index in [1.807, 2.05) is 19.1 Å². The first-order valence-corrected chi connectivity index (χ1v) is 7.54. The van der Waals surface area contributed by atoms with Gasteiger partial charge >= 0.3 is 6.18 Å². The lowest BCUT2D eigenvalue weighted by Crippen LogP contribution is -2.28. The van der Waals surface area contributed by atoms with Gasteiger partial charge in [0.05, 0.1) is 19.2 Å². The Bertz CT molecular complexity index is 727. The number of aryl methyl sites for hydroxylation is 1. The van der Waals surface area contributed by atoms with E-state index in [2.05, 4.69) is 5.32 Å². The number of hydrogen-bond acceptors (Lipinski definition) is 3. The van der Waals surface area contributed by atoms with Gasteiger partial charge in [-0.3, -0.25) is 4.79 Å². The normalized spacial score (nSPS) is 11.1. The highest BCUT2D eigenvalue weighted by atomic mass is 19.4. The van der Waals surface area contributed by atoms with Crippen molar-refractivity contribution < 1.29 is 27.4 Å². The molecule has 0 unspecified atom stereocenters. The van der Waals surface area contributed by atoms with Crippen LogP contribution in [0.2, 0.25) is 0 Å². The van der Waals surface area contributed by atoms with E-state index in [4.69, 9.17) is 9.47 Å². The van der Waals surface area contributed by atoms with Crippen molar-refractivity contribution in [1.29, 1.82) is 0 Å². The summed E-state index contributed by atoms with van der Waals surface area (Å²) in [6.45, 7) is 2.33. The lowest BCUT2D eigenvalue weighted by molar-refractivity contribution is -0.137. The first-order valence-electron chi connectivity index (χ1n) is 7.54. The van der Waals surface area contributed by atoms with Gasteiger partial charge in [0, 0.05) is 5.56 Å². The van der Waals surface area contributed by atoms with E-state index in [9.17, 15) is 18.0 Å². The summed E-state index contributed by atoms with van der Waals surface area (Å²) in [6.07, 6.45) is -4.42. The van der Waals surface area contributed by atoms with Crippen molar-refractivity contribution in [1.82, 2.24) is 5.32 Å². The van der Waals surface area contributed by atoms with Gasteiger partial charge in [0.15, 0.2) is 11.5 Å². The maximum absolute atomic E-state index is 12.5. The predicted molar refractivity (Wildman–Crippen MR) is 87.0 cm³/mol. The summed E-state index contributed by atoms with van der Waals surface area (Å²) in [7, 11) is 1.54. The quantitative estimate of drug-likeness (QED) is 0.803. The van der Waals surface area contributed by atoms with E-state index in [1.54, 1.807) is 6.07 Å². The van der Waals surface area contributed by atoms with Gasteiger partial charge in [-0.1, -0.05) is 6.07 Å². The lowest BCUT2D eigenvalue weighted by Gasteiger charge is -2.12. The number of nitrogens with one attached hydrogen (secondary N) is 1. The molecular formula is C18H18F3NO3. The summed E-state index contributed by atoms with van der Waals surface area (Å²) in [5, 5.41) is 2.59. The molecule has 2 rings (SSSR count). The number of halogens is 3. The van der Waals surface area contributed by atoms with E-state index < -0.39 is 17.6 Å². The largest absolute Gasteiger partial charge is 0.493 e. The molecule has 0 fully saturated rings. The number of carbonyl (C=O) groups is 1. The summed E-state index contributed by atoms with van der Waals surface area (Å²) >= 11 is 0. The van der Waals surface area contributed by atoms with Gasteiger partial charge in [0.25, 0.3) is 5.91 Å². The van der Waals surface area contributed by atoms with Crippen molar-refractivity contribution >= 4 is 5.91 Å². The first kappa shape index (κ1) is 18.6. The smallest absolute Gasteiger partial charge is 0.416 e. The van der Waals surface area contributed by atoms with Gasteiger partial charge in [-0.2, -0.15) is 13.2 Å². The van der Waals surface area contributed by atoms with Crippen molar-refractivity contribution in [2.75, 3.05) is 20.3 Å². The third-order valence-corrected chi connectivity index (χ3v) is 3.44. The van der Waals surface area contributed by atoms with Crippen molar-refractivity contribution in [2.24, 2.45) is 0 Å². The highest BCUT2D eigenvalue weighted by Crippen LogP contribution is 2.29. The number of amides is 1. The van der Waals surface area contributed by atoms with Gasteiger partial charge in [0.2, 0.25) is 0 Å². The third-order valence-electron chi connectivity index (χ3n) is 3.44. The Labute approximate surface area is 143 Å². The molecular weight excluding hydrogens is 335 g/mol. The van der Waals surface area contributed by atoms with Crippen molar-refractivity contribution in [2.45, 2.75) is 13.1 Å². The number of benzene rings is 2. The van der Waals surface area contributed by atoms with E-state index in [-0.39, 0.29) is 18.7 Å². The minimum absolute atomic E-state index is 0.154. The Balaban J connectivity index is 1.85. The van der Waals surface area contributed by atoms with Crippen LogP contribution in [0, 0.1) is 6.92 Å². The molecule has 0 radical (unpaired) electrons. The van der Waals surface area contributed by atoms with Gasteiger partial charge in [-0.25, -0.2) is 0 Å². The molecule has 0 spiro atoms. The second-order valence-electron chi connectivity index (χ2n) is 5.33. The summed E-state index contributed by atoms with van der Waals surface area (Å²) in [5.41, 5.74) is 0.388. The molecule has 1 amide bonds. The number of carbonyl (C=O) groups excluding carboxylic acids is 1. The summed E-state index contributed by atoms with van der Waals surface area (Å²) in [5.74, 6) is 0.680. The Hall–Kier alpha value is -2.70. The third kappa shape index (κ3) is 5.14. The molecule has 134 valence electrons. The van der Waals surface area contributed by atoms with Crippen LogP contribution >= 0.6 is 0 Å². The molecule has 0 aromatic heterocycles. The van der Waals surface area contributed by atoms with E-state index in [1.165, 1.54) is 7.11 Å². The van der Waals surface area contributed by atoms with Crippen LogP contribution in [0.15, 0.2) is 42.5 Å². The molecule has 2 aromatic rings. The van der Waals surface area contributed by atoms with Gasteiger partial charge < -0.3 is 14.8 Å². The van der Waals surface area contributed by atoms with E-state index in [0.29, 0.717) is 11.5 Å². The fourth-order valence-electron chi connectivity index (χ4n) is 2.13. The van der Waals surface area contributed by atoms with Crippen LogP contribution in [0.3, 0.4) is 0 Å². The topological polar surface area (TPSA) is 47.6 Å². The zero-order valence-electron chi connectivity index (χ0n) is 13.8. The molecule has 0 saturated carbocycles. The summed E-state index contributed by atoms with van der Waals surface area (Å²) in [6, 6.07) is 9.51. The highest BCUT2D eigenvalue weighted by Gasteiger charge is 2.30. The molecule has 1 N–H and O–H groups in total. The second-order valence-corrected chi connectivity index (χ2v) is 5.33. The zero-order valence-corrected chi connectivity index (χ0v) is 13.8. The van der Waals surface area contributed by atoms with Crippen LogP contribution in [0.4, 0.5) is 13.2 Å².